The molecular weight excluding hydrogens is 376 g/mol. The van der Waals surface area contributed by atoms with Crippen LogP contribution in [0.15, 0.2) is 60.7 Å². The van der Waals surface area contributed by atoms with E-state index in [1.807, 2.05) is 0 Å². The summed E-state index contributed by atoms with van der Waals surface area (Å²) in [4.78, 5) is 12.6. The predicted octanol–water partition coefficient (Wildman–Crippen LogP) is 3.41. The van der Waals surface area contributed by atoms with Crippen molar-refractivity contribution in [3.8, 4) is 28.7 Å². The van der Waals surface area contributed by atoms with Crippen molar-refractivity contribution in [2.24, 2.45) is 0 Å². The number of hydrogen-bond acceptors (Lipinski definition) is 7. The highest BCUT2D eigenvalue weighted by molar-refractivity contribution is 5.89. The van der Waals surface area contributed by atoms with E-state index >= 15 is 0 Å². The van der Waals surface area contributed by atoms with E-state index in [4.69, 9.17) is 9.47 Å². The average molecular weight is 394 g/mol. The summed E-state index contributed by atoms with van der Waals surface area (Å²) in [5, 5.41) is 38.9. The maximum Gasteiger partial charge on any atom is 0.338 e. The van der Waals surface area contributed by atoms with Crippen LogP contribution in [0.2, 0.25) is 0 Å². The SMILES string of the molecule is O=C(O[C@@H]1Cc2c(O)cc(O)cc2O[C@H]1c1ccc(O)cc1)c1ccc(O)cc1. The van der Waals surface area contributed by atoms with Crippen LogP contribution in [0.1, 0.15) is 27.6 Å². The number of carbonyl (C=O) groups is 1. The number of rotatable bonds is 3. The Balaban J connectivity index is 1.68. The van der Waals surface area contributed by atoms with Gasteiger partial charge in [0.25, 0.3) is 0 Å². The van der Waals surface area contributed by atoms with Crippen LogP contribution < -0.4 is 4.74 Å². The Labute approximate surface area is 166 Å². The van der Waals surface area contributed by atoms with Crippen LogP contribution >= 0.6 is 0 Å². The molecule has 2 atom stereocenters. The van der Waals surface area contributed by atoms with Crippen molar-refractivity contribution in [2.75, 3.05) is 0 Å². The molecule has 0 aliphatic carbocycles. The molecule has 0 saturated carbocycles. The first-order valence-electron chi connectivity index (χ1n) is 8.91. The molecule has 1 aliphatic heterocycles. The quantitative estimate of drug-likeness (QED) is 0.503. The van der Waals surface area contributed by atoms with Crippen molar-refractivity contribution >= 4 is 5.97 Å². The van der Waals surface area contributed by atoms with Gasteiger partial charge in [-0.2, -0.15) is 0 Å². The third-order valence-corrected chi connectivity index (χ3v) is 4.75. The normalized spacial score (nSPS) is 17.8. The molecule has 148 valence electrons. The predicted molar refractivity (Wildman–Crippen MR) is 102 cm³/mol. The molecule has 1 aliphatic rings. The fourth-order valence-electron chi connectivity index (χ4n) is 3.30. The monoisotopic (exact) mass is 394 g/mol. The van der Waals surface area contributed by atoms with E-state index in [1.54, 1.807) is 12.1 Å². The van der Waals surface area contributed by atoms with Gasteiger partial charge in [-0.25, -0.2) is 4.79 Å². The molecule has 0 spiro atoms. The molecule has 0 fully saturated rings. The Morgan fingerprint density at radius 1 is 0.862 bits per heavy atom. The molecule has 0 aromatic heterocycles. The van der Waals surface area contributed by atoms with E-state index in [9.17, 15) is 25.2 Å². The van der Waals surface area contributed by atoms with Gasteiger partial charge in [0, 0.05) is 24.1 Å². The highest BCUT2D eigenvalue weighted by atomic mass is 16.6. The van der Waals surface area contributed by atoms with Gasteiger partial charge in [-0.1, -0.05) is 12.1 Å². The van der Waals surface area contributed by atoms with E-state index in [0.717, 1.165) is 0 Å². The largest absolute Gasteiger partial charge is 0.508 e. The molecule has 0 amide bonds. The molecule has 3 aromatic rings. The van der Waals surface area contributed by atoms with Crippen LogP contribution in [-0.4, -0.2) is 32.5 Å². The zero-order valence-electron chi connectivity index (χ0n) is 15.1. The molecule has 4 N–H and O–H groups in total. The molecule has 0 saturated heterocycles. The summed E-state index contributed by atoms with van der Waals surface area (Å²) in [6, 6.07) is 14.5. The second-order valence-corrected chi connectivity index (χ2v) is 6.77. The Morgan fingerprint density at radius 3 is 2.14 bits per heavy atom. The second kappa shape index (κ2) is 7.27. The van der Waals surface area contributed by atoms with E-state index in [0.29, 0.717) is 11.1 Å². The Hall–Kier alpha value is -3.87. The fraction of sp³-hybridized carbons (Fsp3) is 0.136. The van der Waals surface area contributed by atoms with E-state index in [2.05, 4.69) is 0 Å². The zero-order chi connectivity index (χ0) is 20.5. The number of benzene rings is 3. The molecule has 7 heteroatoms. The van der Waals surface area contributed by atoms with Gasteiger partial charge in [0.15, 0.2) is 6.10 Å². The van der Waals surface area contributed by atoms with Gasteiger partial charge >= 0.3 is 5.97 Å². The summed E-state index contributed by atoms with van der Waals surface area (Å²) >= 11 is 0. The number of aromatic hydroxyl groups is 4. The summed E-state index contributed by atoms with van der Waals surface area (Å²) in [6.45, 7) is 0. The maximum absolute atomic E-state index is 12.6. The first-order valence-corrected chi connectivity index (χ1v) is 8.91. The van der Waals surface area contributed by atoms with Crippen LogP contribution in [0, 0.1) is 0 Å². The number of ether oxygens (including phenoxy) is 2. The van der Waals surface area contributed by atoms with Gasteiger partial charge < -0.3 is 29.9 Å². The highest BCUT2D eigenvalue weighted by Crippen LogP contribution is 2.43. The molecule has 7 nitrogen and oxygen atoms in total. The molecule has 3 aromatic carbocycles. The molecular formula is C22H18O7. The van der Waals surface area contributed by atoms with Crippen LogP contribution in [0.4, 0.5) is 0 Å². The van der Waals surface area contributed by atoms with Crippen molar-refractivity contribution in [1.29, 1.82) is 0 Å². The van der Waals surface area contributed by atoms with Crippen molar-refractivity contribution in [1.82, 2.24) is 0 Å². The fourth-order valence-corrected chi connectivity index (χ4v) is 3.30. The lowest BCUT2D eigenvalue weighted by Gasteiger charge is -2.34. The molecule has 0 bridgehead atoms. The van der Waals surface area contributed by atoms with Crippen molar-refractivity contribution in [3.05, 3.63) is 77.4 Å². The maximum atomic E-state index is 12.6. The lowest BCUT2D eigenvalue weighted by molar-refractivity contribution is -0.0188. The van der Waals surface area contributed by atoms with Crippen molar-refractivity contribution < 1.29 is 34.7 Å². The number of esters is 1. The number of phenols is 4. The Kier molecular flexibility index (Phi) is 4.64. The van der Waals surface area contributed by atoms with Gasteiger partial charge in [-0.15, -0.1) is 0 Å². The Bertz CT molecular complexity index is 1040. The number of carbonyl (C=O) groups excluding carboxylic acids is 1. The minimum absolute atomic E-state index is 0.0307. The smallest absolute Gasteiger partial charge is 0.338 e. The van der Waals surface area contributed by atoms with Gasteiger partial charge in [0.05, 0.1) is 5.56 Å². The minimum atomic E-state index is -0.774. The summed E-state index contributed by atoms with van der Waals surface area (Å²) in [5.74, 6) is -0.511. The summed E-state index contributed by atoms with van der Waals surface area (Å²) < 4.78 is 11.6. The number of phenolic OH excluding ortho intramolecular Hbond substituents is 4. The van der Waals surface area contributed by atoms with Crippen molar-refractivity contribution in [3.63, 3.8) is 0 Å². The third-order valence-electron chi connectivity index (χ3n) is 4.75. The van der Waals surface area contributed by atoms with Crippen LogP contribution in [0.25, 0.3) is 0 Å². The topological polar surface area (TPSA) is 116 Å². The first-order chi connectivity index (χ1) is 13.9. The standard InChI is InChI=1S/C22H18O7/c23-14-5-1-12(2-6-14)21-20(29-22(27)13-3-7-15(24)8-4-13)11-17-18(26)9-16(25)10-19(17)28-21/h1-10,20-21,23-26H,11H2/t20-,21+/m1/s1. The number of hydrogen-bond donors (Lipinski definition) is 4. The van der Waals surface area contributed by atoms with Gasteiger partial charge in [-0.05, 0) is 42.0 Å². The van der Waals surface area contributed by atoms with Gasteiger partial charge in [-0.3, -0.25) is 0 Å². The molecule has 4 rings (SSSR count). The van der Waals surface area contributed by atoms with Crippen LogP contribution in [0.3, 0.4) is 0 Å². The Morgan fingerprint density at radius 2 is 1.48 bits per heavy atom. The molecule has 1 heterocycles. The highest BCUT2D eigenvalue weighted by Gasteiger charge is 2.36. The average Bonchev–Trinajstić information content (AvgIpc) is 2.69. The molecule has 0 radical (unpaired) electrons. The number of fused-ring (bicyclic) bond motifs is 1. The van der Waals surface area contributed by atoms with E-state index < -0.39 is 18.2 Å². The lowest BCUT2D eigenvalue weighted by Crippen LogP contribution is -2.34. The second-order valence-electron chi connectivity index (χ2n) is 6.77. The summed E-state index contributed by atoms with van der Waals surface area (Å²) in [5.41, 5.74) is 1.33. The lowest BCUT2D eigenvalue weighted by atomic mass is 9.93. The molecule has 0 unspecified atom stereocenters. The first kappa shape index (κ1) is 18.5. The zero-order valence-corrected chi connectivity index (χ0v) is 15.1. The van der Waals surface area contributed by atoms with Crippen LogP contribution in [0.5, 0.6) is 28.7 Å². The molecule has 29 heavy (non-hydrogen) atoms. The van der Waals surface area contributed by atoms with Crippen LogP contribution in [-0.2, 0) is 11.2 Å². The summed E-state index contributed by atoms with van der Waals surface area (Å²) in [6.07, 6.45) is -1.33. The van der Waals surface area contributed by atoms with E-state index in [1.165, 1.54) is 48.5 Å². The summed E-state index contributed by atoms with van der Waals surface area (Å²) in [7, 11) is 0. The van der Waals surface area contributed by atoms with E-state index in [-0.39, 0.29) is 40.7 Å². The van der Waals surface area contributed by atoms with Crippen molar-refractivity contribution in [2.45, 2.75) is 18.6 Å². The third kappa shape index (κ3) is 3.75. The minimum Gasteiger partial charge on any atom is -0.508 e. The van der Waals surface area contributed by atoms with Gasteiger partial charge in [0.2, 0.25) is 0 Å². The van der Waals surface area contributed by atoms with Gasteiger partial charge in [0.1, 0.15) is 34.9 Å².